The first-order valence-electron chi connectivity index (χ1n) is 12.1. The molecule has 0 amide bonds. The van der Waals surface area contributed by atoms with Gasteiger partial charge in [-0.2, -0.15) is 0 Å². The predicted octanol–water partition coefficient (Wildman–Crippen LogP) is 3.83. The topological polar surface area (TPSA) is 92.7 Å². The molecule has 0 bridgehead atoms. The van der Waals surface area contributed by atoms with Gasteiger partial charge in [0.25, 0.3) is 0 Å². The highest BCUT2D eigenvalue weighted by atomic mass is 16.6. The summed E-state index contributed by atoms with van der Waals surface area (Å²) in [5, 5.41) is 10.2. The zero-order valence-corrected chi connectivity index (χ0v) is 21.1. The van der Waals surface area contributed by atoms with E-state index in [9.17, 15) is 9.90 Å². The van der Waals surface area contributed by atoms with Crippen molar-refractivity contribution in [2.75, 3.05) is 27.4 Å². The highest BCUT2D eigenvalue weighted by Gasteiger charge is 2.32. The van der Waals surface area contributed by atoms with Crippen molar-refractivity contribution in [2.24, 2.45) is 0 Å². The van der Waals surface area contributed by atoms with Crippen LogP contribution >= 0.6 is 0 Å². The van der Waals surface area contributed by atoms with Gasteiger partial charge in [0.2, 0.25) is 0 Å². The van der Waals surface area contributed by atoms with E-state index in [1.54, 1.807) is 14.2 Å². The van der Waals surface area contributed by atoms with Crippen molar-refractivity contribution >= 4 is 5.97 Å². The molecule has 1 aliphatic rings. The summed E-state index contributed by atoms with van der Waals surface area (Å²) in [6, 6.07) is 15.2. The fourth-order valence-electron chi connectivity index (χ4n) is 3.87. The maximum absolute atomic E-state index is 11.5. The molecule has 0 saturated carbocycles. The minimum atomic E-state index is -0.626. The van der Waals surface area contributed by atoms with Gasteiger partial charge in [0.1, 0.15) is 30.3 Å². The van der Waals surface area contributed by atoms with Gasteiger partial charge in [-0.15, -0.1) is 0 Å². The van der Waals surface area contributed by atoms with Crippen LogP contribution < -0.4 is 9.47 Å². The van der Waals surface area contributed by atoms with Crippen LogP contribution in [0.2, 0.25) is 0 Å². The molecule has 36 heavy (non-hydrogen) atoms. The molecule has 8 heteroatoms. The molecule has 0 aliphatic carbocycles. The molecule has 196 valence electrons. The van der Waals surface area contributed by atoms with Crippen LogP contribution in [0.4, 0.5) is 0 Å². The van der Waals surface area contributed by atoms with Gasteiger partial charge in [-0.25, -0.2) is 0 Å². The molecule has 1 aliphatic heterocycles. The maximum Gasteiger partial charge on any atom is 0.302 e. The zero-order valence-electron chi connectivity index (χ0n) is 21.1. The van der Waals surface area contributed by atoms with E-state index in [1.807, 2.05) is 60.7 Å². The average molecular weight is 501 g/mol. The van der Waals surface area contributed by atoms with Gasteiger partial charge in [-0.05, 0) is 48.2 Å². The fraction of sp³-hybridized carbons (Fsp3) is 0.464. The van der Waals surface area contributed by atoms with E-state index in [4.69, 9.17) is 28.4 Å². The van der Waals surface area contributed by atoms with Crippen molar-refractivity contribution in [1.82, 2.24) is 0 Å². The number of hydrogen-bond acceptors (Lipinski definition) is 8. The quantitative estimate of drug-likeness (QED) is 0.368. The monoisotopic (exact) mass is 500 g/mol. The summed E-state index contributed by atoms with van der Waals surface area (Å²) in [7, 11) is 3.25. The van der Waals surface area contributed by atoms with E-state index in [0.717, 1.165) is 22.6 Å². The predicted molar refractivity (Wildman–Crippen MR) is 134 cm³/mol. The van der Waals surface area contributed by atoms with Crippen molar-refractivity contribution in [3.8, 4) is 11.5 Å². The summed E-state index contributed by atoms with van der Waals surface area (Å²) >= 11 is 0. The van der Waals surface area contributed by atoms with Crippen molar-refractivity contribution in [2.45, 2.75) is 57.4 Å². The second kappa shape index (κ2) is 14.6. The van der Waals surface area contributed by atoms with Gasteiger partial charge < -0.3 is 33.5 Å². The summed E-state index contributed by atoms with van der Waals surface area (Å²) in [5.41, 5.74) is 1.96. The van der Waals surface area contributed by atoms with Crippen LogP contribution in [-0.2, 0) is 37.0 Å². The van der Waals surface area contributed by atoms with Gasteiger partial charge in [0.05, 0.1) is 46.2 Å². The van der Waals surface area contributed by atoms with E-state index in [2.05, 4.69) is 0 Å². The lowest BCUT2D eigenvalue weighted by Crippen LogP contribution is -2.44. The molecule has 0 saturated heterocycles. The first kappa shape index (κ1) is 27.7. The Morgan fingerprint density at radius 1 is 0.833 bits per heavy atom. The summed E-state index contributed by atoms with van der Waals surface area (Å²) in [5.74, 6) is 1.14. The molecule has 4 atom stereocenters. The van der Waals surface area contributed by atoms with Crippen molar-refractivity contribution in [3.05, 3.63) is 71.8 Å². The number of aliphatic hydroxyl groups is 1. The Hall–Kier alpha value is -2.91. The molecule has 0 aromatic heterocycles. The van der Waals surface area contributed by atoms with E-state index < -0.39 is 30.4 Å². The number of carbonyl (C=O) groups excluding carboxylic acids is 1. The summed E-state index contributed by atoms with van der Waals surface area (Å²) in [4.78, 5) is 11.5. The normalized spacial score (nSPS) is 23.1. The maximum atomic E-state index is 11.5. The minimum absolute atomic E-state index is 0.0121. The molecule has 1 N–H and O–H groups in total. The van der Waals surface area contributed by atoms with E-state index in [-0.39, 0.29) is 13.2 Å². The molecule has 3 rings (SSSR count). The number of esters is 1. The first-order chi connectivity index (χ1) is 17.5. The molecule has 0 fully saturated rings. The average Bonchev–Trinajstić information content (AvgIpc) is 2.98. The Bertz CT molecular complexity index is 941. The Balaban J connectivity index is 1.69. The zero-order chi connectivity index (χ0) is 25.8. The first-order valence-corrected chi connectivity index (χ1v) is 12.1. The molecule has 2 aromatic rings. The van der Waals surface area contributed by atoms with Crippen LogP contribution in [0, 0.1) is 0 Å². The Kier molecular flexibility index (Phi) is 11.2. The highest BCUT2D eigenvalue weighted by Crippen LogP contribution is 2.23. The van der Waals surface area contributed by atoms with Crippen LogP contribution in [0.3, 0.4) is 0 Å². The van der Waals surface area contributed by atoms with Gasteiger partial charge in [-0.3, -0.25) is 4.79 Å². The van der Waals surface area contributed by atoms with Gasteiger partial charge in [-0.1, -0.05) is 36.4 Å². The third kappa shape index (κ3) is 8.64. The van der Waals surface area contributed by atoms with Gasteiger partial charge in [0.15, 0.2) is 0 Å². The lowest BCUT2D eigenvalue weighted by atomic mass is 10.1. The van der Waals surface area contributed by atoms with Gasteiger partial charge in [0, 0.05) is 6.92 Å². The van der Waals surface area contributed by atoms with Crippen molar-refractivity contribution in [3.63, 3.8) is 0 Å². The van der Waals surface area contributed by atoms with E-state index in [1.165, 1.54) is 6.92 Å². The summed E-state index contributed by atoms with van der Waals surface area (Å²) in [6.07, 6.45) is 3.16. The standard InChI is InChI=1S/C28H36O8/c1-20(30)33-19-28-26(35-18-22-10-14-24(32-3)15-11-22)7-5-4-6-25(27(16-29)36-28)34-17-21-8-12-23(31-2)13-9-21/h4-5,8-15,25-29H,6-7,16-19H2,1-3H3/b5-4-/t25-,26+,27+,28-/m0/s1. The van der Waals surface area contributed by atoms with E-state index in [0.29, 0.717) is 26.1 Å². The number of benzene rings is 2. The van der Waals surface area contributed by atoms with E-state index >= 15 is 0 Å². The van der Waals surface area contributed by atoms with Crippen LogP contribution in [0.1, 0.15) is 30.9 Å². The molecule has 8 nitrogen and oxygen atoms in total. The second-order valence-electron chi connectivity index (χ2n) is 8.54. The molecular weight excluding hydrogens is 464 g/mol. The van der Waals surface area contributed by atoms with Crippen molar-refractivity contribution in [1.29, 1.82) is 0 Å². The Morgan fingerprint density at radius 2 is 1.31 bits per heavy atom. The minimum Gasteiger partial charge on any atom is -0.497 e. The summed E-state index contributed by atoms with van der Waals surface area (Å²) in [6.45, 7) is 1.83. The Morgan fingerprint density at radius 3 is 1.72 bits per heavy atom. The molecule has 0 unspecified atom stereocenters. The number of rotatable bonds is 11. The van der Waals surface area contributed by atoms with Crippen LogP contribution in [0.15, 0.2) is 60.7 Å². The third-order valence-corrected chi connectivity index (χ3v) is 5.96. The van der Waals surface area contributed by atoms with Crippen LogP contribution in [0.25, 0.3) is 0 Å². The number of hydrogen-bond donors (Lipinski definition) is 1. The largest absolute Gasteiger partial charge is 0.497 e. The summed E-state index contributed by atoms with van der Waals surface area (Å²) < 4.78 is 34.4. The Labute approximate surface area is 212 Å². The molecule has 2 aromatic carbocycles. The smallest absolute Gasteiger partial charge is 0.302 e. The number of carbonyl (C=O) groups is 1. The van der Waals surface area contributed by atoms with Crippen LogP contribution in [0.5, 0.6) is 11.5 Å². The third-order valence-electron chi connectivity index (χ3n) is 5.96. The number of aliphatic hydroxyl groups excluding tert-OH is 1. The number of ether oxygens (including phenoxy) is 6. The highest BCUT2D eigenvalue weighted by molar-refractivity contribution is 5.65. The van der Waals surface area contributed by atoms with Crippen LogP contribution in [-0.4, -0.2) is 62.9 Å². The molecule has 1 heterocycles. The second-order valence-corrected chi connectivity index (χ2v) is 8.54. The molecule has 0 spiro atoms. The molecular formula is C28H36O8. The van der Waals surface area contributed by atoms with Gasteiger partial charge >= 0.3 is 5.97 Å². The SMILES string of the molecule is COc1ccc(CO[C@H]2C/C=C\C[C@@H](OCc3ccc(OC)cc3)[C@H](COC(C)=O)O[C@@H]2CO)cc1. The van der Waals surface area contributed by atoms with Crippen molar-refractivity contribution < 1.29 is 38.3 Å². The lowest BCUT2D eigenvalue weighted by molar-refractivity contribution is -0.178. The number of methoxy groups -OCH3 is 2. The molecule has 0 radical (unpaired) electrons. The fourth-order valence-corrected chi connectivity index (χ4v) is 3.87. The lowest BCUT2D eigenvalue weighted by Gasteiger charge is -2.32.